The number of carboxylic acids is 1. The number of hydrogen-bond acceptors (Lipinski definition) is 6. The molecule has 1 heterocycles. The zero-order valence-corrected chi connectivity index (χ0v) is 16.9. The number of carboxylic acid groups (broad SMARTS) is 1. The highest BCUT2D eigenvalue weighted by Crippen LogP contribution is 2.44. The van der Waals surface area contributed by atoms with Crippen LogP contribution >= 0.6 is 0 Å². The highest BCUT2D eigenvalue weighted by molar-refractivity contribution is 5.80. The first kappa shape index (κ1) is 20.5. The van der Waals surface area contributed by atoms with Crippen molar-refractivity contribution in [2.45, 2.75) is 12.0 Å². The second kappa shape index (κ2) is 8.95. The summed E-state index contributed by atoms with van der Waals surface area (Å²) in [6.07, 6.45) is 0. The van der Waals surface area contributed by atoms with Crippen molar-refractivity contribution in [1.82, 2.24) is 9.80 Å². The van der Waals surface area contributed by atoms with Crippen molar-refractivity contribution in [2.75, 3.05) is 45.9 Å². The molecule has 1 aliphatic carbocycles. The van der Waals surface area contributed by atoms with E-state index >= 15 is 0 Å². The molecule has 1 fully saturated rings. The van der Waals surface area contributed by atoms with Gasteiger partial charge in [0, 0.05) is 38.6 Å². The SMILES string of the molecule is NCCN1CCN(CC(=O)O)C(C(=O)OCC2c3ccccc3-c3ccccc32)C1. The first-order valence-corrected chi connectivity index (χ1v) is 10.3. The van der Waals surface area contributed by atoms with Crippen LogP contribution in [0.3, 0.4) is 0 Å². The van der Waals surface area contributed by atoms with Crippen LogP contribution in [0.5, 0.6) is 0 Å². The van der Waals surface area contributed by atoms with Crippen LogP contribution in [-0.4, -0.2) is 78.8 Å². The maximum Gasteiger partial charge on any atom is 0.324 e. The van der Waals surface area contributed by atoms with Gasteiger partial charge in [-0.25, -0.2) is 0 Å². The Hall–Kier alpha value is -2.74. The van der Waals surface area contributed by atoms with Gasteiger partial charge in [0.05, 0.1) is 6.54 Å². The molecule has 7 heteroatoms. The number of esters is 1. The highest BCUT2D eigenvalue weighted by atomic mass is 16.5. The summed E-state index contributed by atoms with van der Waals surface area (Å²) in [5.74, 6) is -1.34. The normalized spacial score (nSPS) is 19.3. The van der Waals surface area contributed by atoms with Crippen molar-refractivity contribution in [3.8, 4) is 11.1 Å². The zero-order chi connectivity index (χ0) is 21.1. The summed E-state index contributed by atoms with van der Waals surface area (Å²) in [7, 11) is 0. The Bertz CT molecular complexity index is 887. The molecule has 0 radical (unpaired) electrons. The molecular weight excluding hydrogens is 382 g/mol. The average Bonchev–Trinajstić information content (AvgIpc) is 3.07. The van der Waals surface area contributed by atoms with Gasteiger partial charge in [-0.3, -0.25) is 19.4 Å². The van der Waals surface area contributed by atoms with Gasteiger partial charge in [0.25, 0.3) is 0 Å². The van der Waals surface area contributed by atoms with Gasteiger partial charge in [0.15, 0.2) is 0 Å². The molecule has 7 nitrogen and oxygen atoms in total. The first-order chi connectivity index (χ1) is 14.6. The number of benzene rings is 2. The molecule has 0 saturated carbocycles. The number of fused-ring (bicyclic) bond motifs is 3. The lowest BCUT2D eigenvalue weighted by Gasteiger charge is -2.39. The molecular formula is C23H27N3O4. The van der Waals surface area contributed by atoms with Gasteiger partial charge < -0.3 is 15.6 Å². The van der Waals surface area contributed by atoms with Crippen LogP contribution in [0.15, 0.2) is 48.5 Å². The minimum absolute atomic E-state index is 0.0157. The number of rotatable bonds is 7. The molecule has 1 unspecified atom stereocenters. The van der Waals surface area contributed by atoms with Crippen molar-refractivity contribution in [1.29, 1.82) is 0 Å². The van der Waals surface area contributed by atoms with Gasteiger partial charge in [-0.05, 0) is 22.3 Å². The molecule has 2 aromatic rings. The van der Waals surface area contributed by atoms with Gasteiger partial charge in [0.1, 0.15) is 12.6 Å². The number of hydrogen-bond donors (Lipinski definition) is 2. The maximum atomic E-state index is 13.0. The third-order valence-corrected chi connectivity index (χ3v) is 5.99. The average molecular weight is 409 g/mol. The third-order valence-electron chi connectivity index (χ3n) is 5.99. The van der Waals surface area contributed by atoms with Crippen LogP contribution in [0.2, 0.25) is 0 Å². The Morgan fingerprint density at radius 2 is 1.67 bits per heavy atom. The van der Waals surface area contributed by atoms with E-state index in [1.165, 1.54) is 11.1 Å². The van der Waals surface area contributed by atoms with Crippen molar-refractivity contribution in [2.24, 2.45) is 5.73 Å². The van der Waals surface area contributed by atoms with E-state index < -0.39 is 12.0 Å². The number of piperazine rings is 1. The molecule has 2 aromatic carbocycles. The molecule has 0 aromatic heterocycles. The van der Waals surface area contributed by atoms with Crippen molar-refractivity contribution >= 4 is 11.9 Å². The molecule has 0 amide bonds. The lowest BCUT2D eigenvalue weighted by atomic mass is 9.98. The fraction of sp³-hybridized carbons (Fsp3) is 0.391. The molecule has 2 aliphatic rings. The molecule has 30 heavy (non-hydrogen) atoms. The summed E-state index contributed by atoms with van der Waals surface area (Å²) >= 11 is 0. The van der Waals surface area contributed by atoms with Gasteiger partial charge in [-0.1, -0.05) is 48.5 Å². The minimum Gasteiger partial charge on any atom is -0.480 e. The molecule has 4 rings (SSSR count). The van der Waals surface area contributed by atoms with E-state index in [9.17, 15) is 14.7 Å². The van der Waals surface area contributed by atoms with Crippen molar-refractivity contribution in [3.05, 3.63) is 59.7 Å². The van der Waals surface area contributed by atoms with Gasteiger partial charge in [0.2, 0.25) is 0 Å². The van der Waals surface area contributed by atoms with Crippen LogP contribution in [0.25, 0.3) is 11.1 Å². The van der Waals surface area contributed by atoms with Gasteiger partial charge in [-0.2, -0.15) is 0 Å². The lowest BCUT2D eigenvalue weighted by molar-refractivity contribution is -0.154. The summed E-state index contributed by atoms with van der Waals surface area (Å²) in [6, 6.07) is 15.8. The predicted octanol–water partition coefficient (Wildman–Crippen LogP) is 1.37. The van der Waals surface area contributed by atoms with E-state index in [1.54, 1.807) is 4.90 Å². The Balaban J connectivity index is 1.49. The fourth-order valence-electron chi connectivity index (χ4n) is 4.55. The van der Waals surface area contributed by atoms with E-state index in [2.05, 4.69) is 29.2 Å². The molecule has 0 spiro atoms. The number of nitrogens with zero attached hydrogens (tertiary/aromatic N) is 2. The van der Waals surface area contributed by atoms with Crippen LogP contribution in [0, 0.1) is 0 Å². The number of carbonyl (C=O) groups is 2. The molecule has 1 saturated heterocycles. The summed E-state index contributed by atoms with van der Waals surface area (Å²) in [6.45, 7) is 2.86. The standard InChI is InChI=1S/C23H27N3O4/c24-9-10-25-11-12-26(14-22(27)28)21(13-25)23(29)30-15-20-18-7-3-1-5-16(18)17-6-2-4-8-19(17)20/h1-8,20-21H,9-15,24H2,(H,27,28). The van der Waals surface area contributed by atoms with E-state index in [0.717, 1.165) is 11.1 Å². The molecule has 158 valence electrons. The Labute approximate surface area is 176 Å². The predicted molar refractivity (Wildman–Crippen MR) is 113 cm³/mol. The Morgan fingerprint density at radius 3 is 2.27 bits per heavy atom. The van der Waals surface area contributed by atoms with Crippen molar-refractivity contribution < 1.29 is 19.4 Å². The quantitative estimate of drug-likeness (QED) is 0.667. The fourth-order valence-corrected chi connectivity index (χ4v) is 4.55. The summed E-state index contributed by atoms with van der Waals surface area (Å²) in [5, 5.41) is 9.23. The number of nitrogens with two attached hydrogens (primary N) is 1. The minimum atomic E-state index is -0.946. The van der Waals surface area contributed by atoms with E-state index in [1.807, 2.05) is 24.3 Å². The van der Waals surface area contributed by atoms with Crippen LogP contribution in [0.4, 0.5) is 0 Å². The van der Waals surface area contributed by atoms with Gasteiger partial charge >= 0.3 is 11.9 Å². The Kier molecular flexibility index (Phi) is 6.13. The molecule has 1 atom stereocenters. The number of ether oxygens (including phenoxy) is 1. The highest BCUT2D eigenvalue weighted by Gasteiger charge is 2.36. The summed E-state index contributed by atoms with van der Waals surface area (Å²) in [4.78, 5) is 28.0. The number of aliphatic carboxylic acids is 1. The largest absolute Gasteiger partial charge is 0.480 e. The third kappa shape index (κ3) is 4.09. The maximum absolute atomic E-state index is 13.0. The first-order valence-electron chi connectivity index (χ1n) is 10.3. The Morgan fingerprint density at radius 1 is 1.03 bits per heavy atom. The smallest absolute Gasteiger partial charge is 0.324 e. The second-order valence-corrected chi connectivity index (χ2v) is 7.83. The molecule has 0 bridgehead atoms. The van der Waals surface area contributed by atoms with Crippen LogP contribution in [0.1, 0.15) is 17.0 Å². The van der Waals surface area contributed by atoms with E-state index in [4.69, 9.17) is 10.5 Å². The molecule has 1 aliphatic heterocycles. The van der Waals surface area contributed by atoms with Crippen LogP contribution in [-0.2, 0) is 14.3 Å². The van der Waals surface area contributed by atoms with Crippen molar-refractivity contribution in [3.63, 3.8) is 0 Å². The zero-order valence-electron chi connectivity index (χ0n) is 16.9. The second-order valence-electron chi connectivity index (χ2n) is 7.83. The van der Waals surface area contributed by atoms with E-state index in [0.29, 0.717) is 32.7 Å². The van der Waals surface area contributed by atoms with Gasteiger partial charge in [-0.15, -0.1) is 0 Å². The molecule has 3 N–H and O–H groups in total. The monoisotopic (exact) mass is 409 g/mol. The summed E-state index contributed by atoms with van der Waals surface area (Å²) < 4.78 is 5.79. The topological polar surface area (TPSA) is 96.1 Å². The van der Waals surface area contributed by atoms with E-state index in [-0.39, 0.29) is 25.0 Å². The number of carbonyl (C=O) groups excluding carboxylic acids is 1. The van der Waals surface area contributed by atoms with Crippen LogP contribution < -0.4 is 5.73 Å². The summed E-state index contributed by atoms with van der Waals surface area (Å²) in [5.41, 5.74) is 10.3. The lowest BCUT2D eigenvalue weighted by Crippen LogP contribution is -2.58.